The van der Waals surface area contributed by atoms with Crippen molar-refractivity contribution < 1.29 is 24.2 Å². The molecule has 0 amide bonds. The quantitative estimate of drug-likeness (QED) is 0.643. The van der Waals surface area contributed by atoms with Gasteiger partial charge in [-0.1, -0.05) is 30.3 Å². The van der Waals surface area contributed by atoms with Crippen LogP contribution in [0, 0.1) is 0 Å². The number of phenols is 1. The molecule has 1 atom stereocenters. The summed E-state index contributed by atoms with van der Waals surface area (Å²) < 4.78 is 10.5. The number of esters is 2. The lowest BCUT2D eigenvalue weighted by Gasteiger charge is -2.23. The van der Waals surface area contributed by atoms with Gasteiger partial charge in [0.15, 0.2) is 0 Å². The molecular weight excluding hydrogens is 394 g/mol. The maximum Gasteiger partial charge on any atom is 0.347 e. The highest BCUT2D eigenvalue weighted by molar-refractivity contribution is 6.07. The van der Waals surface area contributed by atoms with Crippen molar-refractivity contribution in [2.24, 2.45) is 0 Å². The van der Waals surface area contributed by atoms with Gasteiger partial charge in [0, 0.05) is 11.8 Å². The van der Waals surface area contributed by atoms with E-state index in [-0.39, 0.29) is 12.4 Å². The zero-order chi connectivity index (χ0) is 21.4. The van der Waals surface area contributed by atoms with Gasteiger partial charge >= 0.3 is 11.9 Å². The predicted molar refractivity (Wildman–Crippen MR) is 115 cm³/mol. The normalized spacial score (nSPS) is 19.3. The molecular formula is C25H21NO5. The van der Waals surface area contributed by atoms with Crippen LogP contribution in [0.25, 0.3) is 22.6 Å². The van der Waals surface area contributed by atoms with Gasteiger partial charge in [-0.25, -0.2) is 14.6 Å². The molecule has 156 valence electrons. The van der Waals surface area contributed by atoms with Crippen molar-refractivity contribution >= 4 is 34.5 Å². The third-order valence-corrected chi connectivity index (χ3v) is 5.74. The highest BCUT2D eigenvalue weighted by Gasteiger charge is 2.33. The summed E-state index contributed by atoms with van der Waals surface area (Å²) in [5.74, 6) is -0.788. The van der Waals surface area contributed by atoms with Gasteiger partial charge in [-0.05, 0) is 60.2 Å². The van der Waals surface area contributed by atoms with Crippen molar-refractivity contribution in [1.29, 1.82) is 0 Å². The van der Waals surface area contributed by atoms with Crippen LogP contribution in [0.5, 0.6) is 5.75 Å². The Labute approximate surface area is 179 Å². The maximum atomic E-state index is 13.2. The number of hydrogen-bond acceptors (Lipinski definition) is 6. The van der Waals surface area contributed by atoms with Crippen molar-refractivity contribution in [2.45, 2.75) is 31.8 Å². The van der Waals surface area contributed by atoms with Crippen LogP contribution >= 0.6 is 0 Å². The summed E-state index contributed by atoms with van der Waals surface area (Å²) in [4.78, 5) is 29.9. The van der Waals surface area contributed by atoms with E-state index in [9.17, 15) is 14.7 Å². The number of carbonyl (C=O) groups excluding carboxylic acids is 2. The Bertz CT molecular complexity index is 1210. The molecule has 6 heteroatoms. The van der Waals surface area contributed by atoms with Crippen molar-refractivity contribution in [3.8, 4) is 5.75 Å². The fourth-order valence-electron chi connectivity index (χ4n) is 4.25. The van der Waals surface area contributed by atoms with Gasteiger partial charge in [0.1, 0.15) is 5.75 Å². The van der Waals surface area contributed by atoms with Gasteiger partial charge in [0.2, 0.25) is 6.10 Å². The lowest BCUT2D eigenvalue weighted by atomic mass is 9.86. The zero-order valence-electron chi connectivity index (χ0n) is 16.8. The first kappa shape index (κ1) is 19.3. The van der Waals surface area contributed by atoms with Gasteiger partial charge in [0.25, 0.3) is 0 Å². The summed E-state index contributed by atoms with van der Waals surface area (Å²) >= 11 is 0. The molecule has 1 aliphatic carbocycles. The van der Waals surface area contributed by atoms with Crippen LogP contribution in [-0.2, 0) is 20.7 Å². The minimum atomic E-state index is -0.856. The van der Waals surface area contributed by atoms with Crippen molar-refractivity contribution in [3.05, 3.63) is 70.9 Å². The maximum absolute atomic E-state index is 13.2. The Morgan fingerprint density at radius 3 is 2.71 bits per heavy atom. The minimum absolute atomic E-state index is 0.214. The number of aromatic nitrogens is 1. The number of phenolic OH excluding ortho intramolecular Hbond substituents is 1. The first-order valence-electron chi connectivity index (χ1n) is 10.4. The standard InChI is InChI=1S/C25H21NO5/c27-17-10-8-15(9-11-17)14-16-4-3-6-19-22(25(29)31-21-12-13-30-24(21)28)18-5-1-2-7-20(18)26-23(16)19/h1-2,5,7-11,14,21,27H,3-4,6,12-13H2/b16-14+/t21-/m1/s1. The van der Waals surface area contributed by atoms with Gasteiger partial charge in [-0.2, -0.15) is 0 Å². The number of benzene rings is 2. The summed E-state index contributed by atoms with van der Waals surface area (Å²) in [7, 11) is 0. The summed E-state index contributed by atoms with van der Waals surface area (Å²) in [6, 6.07) is 14.5. The predicted octanol–water partition coefficient (Wildman–Crippen LogP) is 4.29. The number of carbonyl (C=O) groups is 2. The number of fused-ring (bicyclic) bond motifs is 2. The van der Waals surface area contributed by atoms with Gasteiger partial charge < -0.3 is 14.6 Å². The zero-order valence-corrected chi connectivity index (χ0v) is 16.8. The first-order valence-corrected chi connectivity index (χ1v) is 10.4. The fourth-order valence-corrected chi connectivity index (χ4v) is 4.25. The Morgan fingerprint density at radius 2 is 1.94 bits per heavy atom. The Morgan fingerprint density at radius 1 is 1.13 bits per heavy atom. The molecule has 1 N–H and O–H groups in total. The summed E-state index contributed by atoms with van der Waals surface area (Å²) in [5, 5.41) is 10.3. The second-order valence-corrected chi connectivity index (χ2v) is 7.80. The molecule has 0 radical (unpaired) electrons. The molecule has 2 aromatic carbocycles. The van der Waals surface area contributed by atoms with Crippen molar-refractivity contribution in [1.82, 2.24) is 4.98 Å². The summed E-state index contributed by atoms with van der Waals surface area (Å²) in [5.41, 5.74) is 4.82. The van der Waals surface area contributed by atoms with Crippen LogP contribution in [0.1, 0.15) is 46.4 Å². The van der Waals surface area contributed by atoms with Gasteiger partial charge in [-0.3, -0.25) is 0 Å². The highest BCUT2D eigenvalue weighted by atomic mass is 16.6. The molecule has 1 fully saturated rings. The molecule has 1 aliphatic heterocycles. The number of nitrogens with zero attached hydrogens (tertiary/aromatic N) is 1. The van der Waals surface area contributed by atoms with E-state index in [1.807, 2.05) is 42.5 Å². The van der Waals surface area contributed by atoms with E-state index in [0.29, 0.717) is 23.9 Å². The second-order valence-electron chi connectivity index (χ2n) is 7.80. The van der Waals surface area contributed by atoms with Crippen molar-refractivity contribution in [3.63, 3.8) is 0 Å². The number of pyridine rings is 1. The van der Waals surface area contributed by atoms with Crippen LogP contribution in [0.3, 0.4) is 0 Å². The summed E-state index contributed by atoms with van der Waals surface area (Å²) in [6.07, 6.45) is 3.99. The number of ether oxygens (including phenoxy) is 2. The number of rotatable bonds is 3. The topological polar surface area (TPSA) is 85.7 Å². The SMILES string of the molecule is O=C(O[C@@H]1CCOC1=O)c1c2c(nc3ccccc13)/C(=C/c1ccc(O)cc1)CCC2. The van der Waals surface area contributed by atoms with E-state index in [4.69, 9.17) is 14.5 Å². The Balaban J connectivity index is 1.63. The average Bonchev–Trinajstić information content (AvgIpc) is 3.18. The number of aromatic hydroxyl groups is 1. The van der Waals surface area contributed by atoms with E-state index in [1.165, 1.54) is 0 Å². The lowest BCUT2D eigenvalue weighted by molar-refractivity contribution is -0.145. The number of cyclic esters (lactones) is 1. The lowest BCUT2D eigenvalue weighted by Crippen LogP contribution is -2.24. The molecule has 1 saturated heterocycles. The van der Waals surface area contributed by atoms with E-state index in [1.54, 1.807) is 12.1 Å². The molecule has 0 saturated carbocycles. The molecule has 5 rings (SSSR count). The van der Waals surface area contributed by atoms with Crippen LogP contribution in [0.2, 0.25) is 0 Å². The van der Waals surface area contributed by atoms with Crippen LogP contribution < -0.4 is 0 Å². The number of hydrogen-bond donors (Lipinski definition) is 1. The first-order chi connectivity index (χ1) is 15.1. The third-order valence-electron chi connectivity index (χ3n) is 5.74. The Hall–Kier alpha value is -3.67. The van der Waals surface area contributed by atoms with E-state index < -0.39 is 18.0 Å². The minimum Gasteiger partial charge on any atom is -0.508 e. The highest BCUT2D eigenvalue weighted by Crippen LogP contribution is 2.36. The van der Waals surface area contributed by atoms with Gasteiger partial charge in [0.05, 0.1) is 23.4 Å². The average molecular weight is 415 g/mol. The van der Waals surface area contributed by atoms with Crippen LogP contribution in [0.15, 0.2) is 48.5 Å². The van der Waals surface area contributed by atoms with Crippen LogP contribution in [0.4, 0.5) is 0 Å². The summed E-state index contributed by atoms with van der Waals surface area (Å²) in [6.45, 7) is 0.269. The molecule has 31 heavy (non-hydrogen) atoms. The van der Waals surface area contributed by atoms with E-state index in [0.717, 1.165) is 40.6 Å². The third kappa shape index (κ3) is 3.65. The molecule has 2 heterocycles. The van der Waals surface area contributed by atoms with Gasteiger partial charge in [-0.15, -0.1) is 0 Å². The van der Waals surface area contributed by atoms with E-state index in [2.05, 4.69) is 0 Å². The molecule has 1 aromatic heterocycles. The second kappa shape index (κ2) is 7.87. The molecule has 0 unspecified atom stereocenters. The molecule has 0 bridgehead atoms. The van der Waals surface area contributed by atoms with Crippen molar-refractivity contribution in [2.75, 3.05) is 6.61 Å². The molecule has 0 spiro atoms. The molecule has 3 aromatic rings. The smallest absolute Gasteiger partial charge is 0.347 e. The number of allylic oxidation sites excluding steroid dienone is 1. The number of para-hydroxylation sites is 1. The molecule has 6 nitrogen and oxygen atoms in total. The Kier molecular flexibility index (Phi) is 4.90. The van der Waals surface area contributed by atoms with Crippen LogP contribution in [-0.4, -0.2) is 34.7 Å². The monoisotopic (exact) mass is 415 g/mol. The fraction of sp³-hybridized carbons (Fsp3) is 0.240. The molecule has 2 aliphatic rings. The largest absolute Gasteiger partial charge is 0.508 e. The van der Waals surface area contributed by atoms with E-state index >= 15 is 0 Å².